The van der Waals surface area contributed by atoms with Crippen LogP contribution in [0.5, 0.6) is 0 Å². The standard InChI is InChI=1S/C12H15Cl2NO4S/c1-3-8(7-19-2)15-12(16)10-6-9(20(14,17)18)4-5-11(10)13/h4-6,8H,3,7H2,1-2H3,(H,15,16). The number of methoxy groups -OCH3 is 1. The molecule has 1 aromatic carbocycles. The fourth-order valence-corrected chi connectivity index (χ4v) is 2.54. The van der Waals surface area contributed by atoms with Crippen LogP contribution in [0.15, 0.2) is 23.1 Å². The molecule has 1 aromatic rings. The molecule has 0 radical (unpaired) electrons. The van der Waals surface area contributed by atoms with Crippen molar-refractivity contribution < 1.29 is 17.9 Å². The van der Waals surface area contributed by atoms with Gasteiger partial charge < -0.3 is 10.1 Å². The van der Waals surface area contributed by atoms with Crippen LogP contribution in [0.1, 0.15) is 23.7 Å². The van der Waals surface area contributed by atoms with E-state index < -0.39 is 15.0 Å². The lowest BCUT2D eigenvalue weighted by Crippen LogP contribution is -2.37. The Hall–Kier alpha value is -0.820. The number of nitrogens with one attached hydrogen (secondary N) is 1. The zero-order valence-corrected chi connectivity index (χ0v) is 13.3. The van der Waals surface area contributed by atoms with Crippen molar-refractivity contribution in [2.24, 2.45) is 0 Å². The molecular formula is C12H15Cl2NO4S. The quantitative estimate of drug-likeness (QED) is 0.808. The minimum absolute atomic E-state index is 0.0583. The van der Waals surface area contributed by atoms with E-state index in [1.54, 1.807) is 0 Å². The molecule has 0 bridgehead atoms. The highest BCUT2D eigenvalue weighted by molar-refractivity contribution is 8.13. The molecule has 0 spiro atoms. The predicted molar refractivity (Wildman–Crippen MR) is 77.9 cm³/mol. The van der Waals surface area contributed by atoms with Crippen LogP contribution in [-0.2, 0) is 13.8 Å². The van der Waals surface area contributed by atoms with Crippen LogP contribution in [0, 0.1) is 0 Å². The molecule has 20 heavy (non-hydrogen) atoms. The van der Waals surface area contributed by atoms with Crippen LogP contribution < -0.4 is 5.32 Å². The van der Waals surface area contributed by atoms with E-state index in [0.29, 0.717) is 13.0 Å². The molecule has 1 amide bonds. The van der Waals surface area contributed by atoms with Gasteiger partial charge in [0.05, 0.1) is 28.1 Å². The minimum Gasteiger partial charge on any atom is -0.383 e. The van der Waals surface area contributed by atoms with Crippen molar-refractivity contribution in [3.63, 3.8) is 0 Å². The van der Waals surface area contributed by atoms with E-state index in [0.717, 1.165) is 6.07 Å². The molecule has 0 aliphatic heterocycles. The Bertz CT molecular complexity index is 589. The first-order chi connectivity index (χ1) is 9.29. The second-order valence-electron chi connectivity index (χ2n) is 4.11. The maximum Gasteiger partial charge on any atom is 0.261 e. The van der Waals surface area contributed by atoms with E-state index >= 15 is 0 Å². The summed E-state index contributed by atoms with van der Waals surface area (Å²) in [5, 5.41) is 2.87. The fourth-order valence-electron chi connectivity index (χ4n) is 1.56. The summed E-state index contributed by atoms with van der Waals surface area (Å²) in [4.78, 5) is 11.9. The molecule has 0 saturated heterocycles. The third kappa shape index (κ3) is 4.63. The smallest absolute Gasteiger partial charge is 0.261 e. The number of hydrogen-bond donors (Lipinski definition) is 1. The molecule has 0 aromatic heterocycles. The molecule has 0 heterocycles. The second kappa shape index (κ2) is 7.26. The van der Waals surface area contributed by atoms with Gasteiger partial charge in [-0.25, -0.2) is 8.42 Å². The van der Waals surface area contributed by atoms with Gasteiger partial charge in [-0.1, -0.05) is 18.5 Å². The van der Waals surface area contributed by atoms with Crippen molar-refractivity contribution in [3.8, 4) is 0 Å². The van der Waals surface area contributed by atoms with Crippen LogP contribution in [0.4, 0.5) is 0 Å². The van der Waals surface area contributed by atoms with Crippen molar-refractivity contribution in [2.75, 3.05) is 13.7 Å². The summed E-state index contributed by atoms with van der Waals surface area (Å²) in [6, 6.07) is 3.54. The number of ether oxygens (including phenoxy) is 1. The monoisotopic (exact) mass is 339 g/mol. The predicted octanol–water partition coefficient (Wildman–Crippen LogP) is 2.42. The number of halogens is 2. The van der Waals surface area contributed by atoms with Gasteiger partial charge in [0.2, 0.25) is 0 Å². The average Bonchev–Trinajstić information content (AvgIpc) is 2.37. The van der Waals surface area contributed by atoms with Gasteiger partial charge in [0, 0.05) is 17.8 Å². The summed E-state index contributed by atoms with van der Waals surface area (Å²) in [5.74, 6) is -0.471. The summed E-state index contributed by atoms with van der Waals surface area (Å²) < 4.78 is 27.5. The van der Waals surface area contributed by atoms with Gasteiger partial charge in [-0.05, 0) is 24.6 Å². The Morgan fingerprint density at radius 2 is 2.10 bits per heavy atom. The largest absolute Gasteiger partial charge is 0.383 e. The Morgan fingerprint density at radius 1 is 1.45 bits per heavy atom. The van der Waals surface area contributed by atoms with Gasteiger partial charge in [-0.2, -0.15) is 0 Å². The highest BCUT2D eigenvalue weighted by Gasteiger charge is 2.18. The molecule has 112 valence electrons. The van der Waals surface area contributed by atoms with E-state index in [-0.39, 0.29) is 21.5 Å². The normalized spacial score (nSPS) is 13.0. The van der Waals surface area contributed by atoms with Crippen LogP contribution in [0.2, 0.25) is 5.02 Å². The van der Waals surface area contributed by atoms with Crippen molar-refractivity contribution >= 4 is 37.2 Å². The van der Waals surface area contributed by atoms with E-state index in [9.17, 15) is 13.2 Å². The minimum atomic E-state index is -3.91. The van der Waals surface area contributed by atoms with Crippen molar-refractivity contribution in [2.45, 2.75) is 24.3 Å². The van der Waals surface area contributed by atoms with Crippen LogP contribution >= 0.6 is 22.3 Å². The Labute approximate surface area is 127 Å². The summed E-state index contributed by atoms with van der Waals surface area (Å²) in [6.45, 7) is 2.25. The number of carbonyl (C=O) groups is 1. The van der Waals surface area contributed by atoms with Gasteiger partial charge in [0.1, 0.15) is 0 Å². The van der Waals surface area contributed by atoms with Gasteiger partial charge in [-0.3, -0.25) is 4.79 Å². The third-order valence-corrected chi connectivity index (χ3v) is 4.34. The van der Waals surface area contributed by atoms with Crippen LogP contribution in [0.25, 0.3) is 0 Å². The molecule has 8 heteroatoms. The molecular weight excluding hydrogens is 325 g/mol. The number of hydrogen-bond acceptors (Lipinski definition) is 4. The first kappa shape index (κ1) is 17.2. The van der Waals surface area contributed by atoms with Crippen molar-refractivity contribution in [1.82, 2.24) is 5.32 Å². The molecule has 1 rings (SSSR count). The van der Waals surface area contributed by atoms with E-state index in [1.807, 2.05) is 6.92 Å². The maximum absolute atomic E-state index is 12.1. The zero-order chi connectivity index (χ0) is 15.3. The van der Waals surface area contributed by atoms with Gasteiger partial charge in [0.15, 0.2) is 0 Å². The average molecular weight is 340 g/mol. The lowest BCUT2D eigenvalue weighted by Gasteiger charge is -2.16. The Balaban J connectivity index is 3.03. The molecule has 0 saturated carbocycles. The molecule has 1 unspecified atom stereocenters. The number of carbonyl (C=O) groups excluding carboxylic acids is 1. The van der Waals surface area contributed by atoms with E-state index in [4.69, 9.17) is 27.0 Å². The first-order valence-corrected chi connectivity index (χ1v) is 8.52. The molecule has 1 atom stereocenters. The molecule has 0 fully saturated rings. The summed E-state index contributed by atoms with van der Waals surface area (Å²) >= 11 is 5.91. The van der Waals surface area contributed by atoms with Gasteiger partial charge in [-0.15, -0.1) is 0 Å². The van der Waals surface area contributed by atoms with Crippen LogP contribution in [-0.4, -0.2) is 34.1 Å². The van der Waals surface area contributed by atoms with Crippen molar-refractivity contribution in [3.05, 3.63) is 28.8 Å². The highest BCUT2D eigenvalue weighted by atomic mass is 35.7. The summed E-state index contributed by atoms with van der Waals surface area (Å²) in [6.07, 6.45) is 0.671. The number of amides is 1. The Kier molecular flexibility index (Phi) is 6.26. The third-order valence-electron chi connectivity index (χ3n) is 2.66. The van der Waals surface area contributed by atoms with E-state index in [2.05, 4.69) is 5.32 Å². The van der Waals surface area contributed by atoms with Gasteiger partial charge in [0.25, 0.3) is 15.0 Å². The molecule has 0 aliphatic carbocycles. The summed E-state index contributed by atoms with van der Waals surface area (Å²) in [7, 11) is 2.87. The summed E-state index contributed by atoms with van der Waals surface area (Å²) in [5.41, 5.74) is 0.0583. The lowest BCUT2D eigenvalue weighted by molar-refractivity contribution is 0.0894. The fraction of sp³-hybridized carbons (Fsp3) is 0.417. The second-order valence-corrected chi connectivity index (χ2v) is 7.09. The SMILES string of the molecule is CCC(COC)NC(=O)c1cc(S(=O)(=O)Cl)ccc1Cl. The number of benzene rings is 1. The maximum atomic E-state index is 12.1. The topological polar surface area (TPSA) is 72.5 Å². The lowest BCUT2D eigenvalue weighted by atomic mass is 10.1. The van der Waals surface area contributed by atoms with E-state index in [1.165, 1.54) is 19.2 Å². The molecule has 5 nitrogen and oxygen atoms in total. The zero-order valence-electron chi connectivity index (χ0n) is 11.0. The molecule has 1 N–H and O–H groups in total. The highest BCUT2D eigenvalue weighted by Crippen LogP contribution is 2.23. The Morgan fingerprint density at radius 3 is 2.60 bits per heavy atom. The number of rotatable bonds is 6. The molecule has 0 aliphatic rings. The first-order valence-electron chi connectivity index (χ1n) is 5.83. The van der Waals surface area contributed by atoms with Gasteiger partial charge >= 0.3 is 0 Å². The van der Waals surface area contributed by atoms with Crippen molar-refractivity contribution in [1.29, 1.82) is 0 Å². The van der Waals surface area contributed by atoms with Crippen LogP contribution in [0.3, 0.4) is 0 Å².